The van der Waals surface area contributed by atoms with Crippen molar-refractivity contribution in [1.29, 1.82) is 0 Å². The fourth-order valence-corrected chi connectivity index (χ4v) is 3.56. The molecule has 1 aliphatic rings. The van der Waals surface area contributed by atoms with Gasteiger partial charge in [-0.1, -0.05) is 19.1 Å². The molecular weight excluding hydrogens is 362 g/mol. The third-order valence-corrected chi connectivity index (χ3v) is 5.93. The predicted molar refractivity (Wildman–Crippen MR) is 102 cm³/mol. The van der Waals surface area contributed by atoms with Crippen molar-refractivity contribution in [1.82, 2.24) is 9.62 Å². The zero-order valence-electron chi connectivity index (χ0n) is 14.8. The van der Waals surface area contributed by atoms with Gasteiger partial charge in [0.05, 0.1) is 5.75 Å². The number of hydrogen-bond donors (Lipinski definition) is 2. The molecule has 1 amide bonds. The second-order valence-electron chi connectivity index (χ2n) is 6.44. The Balaban J connectivity index is 0.00000312. The number of sulfonamides is 1. The molecule has 2 rings (SSSR count). The lowest BCUT2D eigenvalue weighted by molar-refractivity contribution is 0.0573. The fraction of sp³-hybridized carbons (Fsp3) is 0.588. The van der Waals surface area contributed by atoms with Crippen LogP contribution in [0.5, 0.6) is 0 Å². The number of nitrogens with one attached hydrogen (secondary N) is 1. The largest absolute Gasteiger partial charge is 0.334 e. The molecule has 1 aromatic carbocycles. The number of piperidine rings is 1. The smallest absolute Gasteiger partial charge is 0.254 e. The van der Waals surface area contributed by atoms with Crippen LogP contribution in [-0.4, -0.2) is 44.1 Å². The summed E-state index contributed by atoms with van der Waals surface area (Å²) >= 11 is 0. The van der Waals surface area contributed by atoms with Crippen LogP contribution in [0.4, 0.5) is 0 Å². The molecule has 6 nitrogen and oxygen atoms in total. The Hall–Kier alpha value is -1.15. The average molecular weight is 390 g/mol. The Morgan fingerprint density at radius 1 is 1.32 bits per heavy atom. The van der Waals surface area contributed by atoms with Gasteiger partial charge >= 0.3 is 0 Å². The van der Waals surface area contributed by atoms with E-state index in [2.05, 4.69) is 11.6 Å². The normalized spacial score (nSPS) is 20.8. The van der Waals surface area contributed by atoms with Gasteiger partial charge in [0.1, 0.15) is 0 Å². The van der Waals surface area contributed by atoms with Crippen molar-refractivity contribution in [2.75, 3.05) is 18.8 Å². The van der Waals surface area contributed by atoms with E-state index in [0.717, 1.165) is 24.9 Å². The second-order valence-corrected chi connectivity index (χ2v) is 8.53. The molecule has 1 fully saturated rings. The van der Waals surface area contributed by atoms with E-state index < -0.39 is 10.0 Å². The second kappa shape index (κ2) is 9.52. The van der Waals surface area contributed by atoms with Crippen molar-refractivity contribution < 1.29 is 13.2 Å². The molecule has 1 saturated heterocycles. The number of carbonyl (C=O) groups excluding carboxylic acids is 1. The number of benzene rings is 1. The Bertz CT molecular complexity index is 664. The van der Waals surface area contributed by atoms with Gasteiger partial charge in [-0.05, 0) is 43.4 Å². The number of likely N-dealkylation sites (tertiary alicyclic amines) is 1. The van der Waals surface area contributed by atoms with E-state index in [0.29, 0.717) is 18.0 Å². The van der Waals surface area contributed by atoms with Gasteiger partial charge in [0, 0.05) is 31.2 Å². The van der Waals surface area contributed by atoms with Gasteiger partial charge in [0.15, 0.2) is 0 Å². The first kappa shape index (κ1) is 21.9. The summed E-state index contributed by atoms with van der Waals surface area (Å²) in [6.45, 7) is 5.23. The quantitative estimate of drug-likeness (QED) is 0.775. The Morgan fingerprint density at radius 3 is 2.52 bits per heavy atom. The lowest BCUT2D eigenvalue weighted by Gasteiger charge is -2.38. The average Bonchev–Trinajstić information content (AvgIpc) is 2.59. The van der Waals surface area contributed by atoms with Gasteiger partial charge in [0.25, 0.3) is 5.91 Å². The first-order chi connectivity index (χ1) is 11.4. The maximum atomic E-state index is 12.7. The first-order valence-corrected chi connectivity index (χ1v) is 10.1. The molecule has 142 valence electrons. The van der Waals surface area contributed by atoms with Crippen LogP contribution < -0.4 is 10.5 Å². The molecular formula is C17H28ClN3O3S. The third kappa shape index (κ3) is 5.95. The maximum Gasteiger partial charge on any atom is 0.254 e. The van der Waals surface area contributed by atoms with Gasteiger partial charge < -0.3 is 10.6 Å². The molecule has 1 heterocycles. The van der Waals surface area contributed by atoms with Crippen molar-refractivity contribution >= 4 is 28.3 Å². The summed E-state index contributed by atoms with van der Waals surface area (Å²) < 4.78 is 25.5. The first-order valence-electron chi connectivity index (χ1n) is 8.43. The Morgan fingerprint density at radius 2 is 1.96 bits per heavy atom. The molecule has 25 heavy (non-hydrogen) atoms. The van der Waals surface area contributed by atoms with Gasteiger partial charge in [-0.25, -0.2) is 13.1 Å². The molecule has 0 saturated carbocycles. The van der Waals surface area contributed by atoms with E-state index in [1.807, 2.05) is 4.90 Å². The van der Waals surface area contributed by atoms with E-state index in [9.17, 15) is 13.2 Å². The molecule has 1 aliphatic heterocycles. The molecule has 2 unspecified atom stereocenters. The topological polar surface area (TPSA) is 92.5 Å². The van der Waals surface area contributed by atoms with Crippen LogP contribution >= 0.6 is 12.4 Å². The number of nitrogens with zero attached hydrogens (tertiary/aromatic N) is 1. The highest BCUT2D eigenvalue weighted by Gasteiger charge is 2.29. The summed E-state index contributed by atoms with van der Waals surface area (Å²) in [4.78, 5) is 14.6. The Kier molecular flexibility index (Phi) is 8.34. The SMILES string of the molecule is CCS(=O)(=O)NCc1ccc(C(=O)N2CCC(C)CC2CN)cc1.Cl. The van der Waals surface area contributed by atoms with Crippen LogP contribution in [0.2, 0.25) is 0 Å². The number of amides is 1. The number of rotatable bonds is 6. The van der Waals surface area contributed by atoms with Gasteiger partial charge in [-0.2, -0.15) is 0 Å². The molecule has 2 atom stereocenters. The van der Waals surface area contributed by atoms with Crippen molar-refractivity contribution in [3.05, 3.63) is 35.4 Å². The molecule has 0 aromatic heterocycles. The maximum absolute atomic E-state index is 12.7. The van der Waals surface area contributed by atoms with E-state index in [1.54, 1.807) is 31.2 Å². The van der Waals surface area contributed by atoms with E-state index in [4.69, 9.17) is 5.73 Å². The van der Waals surface area contributed by atoms with Crippen LogP contribution in [0.25, 0.3) is 0 Å². The number of halogens is 1. The van der Waals surface area contributed by atoms with Crippen molar-refractivity contribution in [3.63, 3.8) is 0 Å². The van der Waals surface area contributed by atoms with Crippen molar-refractivity contribution in [3.8, 4) is 0 Å². The van der Waals surface area contributed by atoms with E-state index in [-0.39, 0.29) is 36.7 Å². The molecule has 0 aliphatic carbocycles. The van der Waals surface area contributed by atoms with E-state index in [1.165, 1.54) is 0 Å². The minimum Gasteiger partial charge on any atom is -0.334 e. The summed E-state index contributed by atoms with van der Waals surface area (Å²) in [5, 5.41) is 0. The van der Waals surface area contributed by atoms with E-state index >= 15 is 0 Å². The van der Waals surface area contributed by atoms with Crippen LogP contribution in [0.15, 0.2) is 24.3 Å². The molecule has 1 aromatic rings. The molecule has 8 heteroatoms. The fourth-order valence-electron chi connectivity index (χ4n) is 2.97. The standard InChI is InChI=1S/C17H27N3O3S.ClH/c1-3-24(22,23)19-12-14-4-6-15(7-5-14)17(21)20-9-8-13(2)10-16(20)11-18;/h4-7,13,16,19H,3,8-12,18H2,1-2H3;1H. The van der Waals surface area contributed by atoms with Gasteiger partial charge in [-0.3, -0.25) is 4.79 Å². The van der Waals surface area contributed by atoms with Crippen LogP contribution in [-0.2, 0) is 16.6 Å². The summed E-state index contributed by atoms with van der Waals surface area (Å²) in [7, 11) is -3.22. The predicted octanol–water partition coefficient (Wildman–Crippen LogP) is 1.75. The lowest BCUT2D eigenvalue weighted by atomic mass is 9.92. The third-order valence-electron chi connectivity index (χ3n) is 4.59. The summed E-state index contributed by atoms with van der Waals surface area (Å²) in [6, 6.07) is 7.18. The minimum absolute atomic E-state index is 0. The van der Waals surface area contributed by atoms with Crippen molar-refractivity contribution in [2.24, 2.45) is 11.7 Å². The lowest BCUT2D eigenvalue weighted by Crippen LogP contribution is -2.49. The highest BCUT2D eigenvalue weighted by Crippen LogP contribution is 2.23. The molecule has 0 radical (unpaired) electrons. The van der Waals surface area contributed by atoms with Crippen LogP contribution in [0.1, 0.15) is 42.6 Å². The number of nitrogens with two attached hydrogens (primary N) is 1. The van der Waals surface area contributed by atoms with Gasteiger partial charge in [0.2, 0.25) is 10.0 Å². The molecule has 0 spiro atoms. The zero-order valence-corrected chi connectivity index (χ0v) is 16.4. The summed E-state index contributed by atoms with van der Waals surface area (Å²) in [5.41, 5.74) is 7.27. The minimum atomic E-state index is -3.22. The zero-order chi connectivity index (χ0) is 17.7. The van der Waals surface area contributed by atoms with Crippen molar-refractivity contribution in [2.45, 2.75) is 39.3 Å². The monoisotopic (exact) mass is 389 g/mol. The highest BCUT2D eigenvalue weighted by atomic mass is 35.5. The summed E-state index contributed by atoms with van der Waals surface area (Å²) in [6.07, 6.45) is 1.94. The highest BCUT2D eigenvalue weighted by molar-refractivity contribution is 7.89. The van der Waals surface area contributed by atoms with Gasteiger partial charge in [-0.15, -0.1) is 12.4 Å². The Labute approximate surface area is 156 Å². The number of hydrogen-bond acceptors (Lipinski definition) is 4. The molecule has 3 N–H and O–H groups in total. The molecule has 0 bridgehead atoms. The van der Waals surface area contributed by atoms with Crippen LogP contribution in [0, 0.1) is 5.92 Å². The summed E-state index contributed by atoms with van der Waals surface area (Å²) in [5.74, 6) is 0.645. The number of carbonyl (C=O) groups is 1. The van der Waals surface area contributed by atoms with Crippen LogP contribution in [0.3, 0.4) is 0 Å².